The third-order valence-electron chi connectivity index (χ3n) is 3.92. The Morgan fingerprint density at radius 3 is 2.46 bits per heavy atom. The summed E-state index contributed by atoms with van der Waals surface area (Å²) in [6, 6.07) is 5.33. The van der Waals surface area contributed by atoms with Gasteiger partial charge >= 0.3 is 0 Å². The van der Waals surface area contributed by atoms with Crippen molar-refractivity contribution in [2.45, 2.75) is 20.3 Å². The minimum absolute atomic E-state index is 0.225. The van der Waals surface area contributed by atoms with Crippen LogP contribution >= 0.6 is 0 Å². The zero-order valence-corrected chi connectivity index (χ0v) is 16.2. The van der Waals surface area contributed by atoms with Gasteiger partial charge < -0.3 is 11.1 Å². The molecule has 0 aromatic carbocycles. The van der Waals surface area contributed by atoms with E-state index >= 15 is 4.39 Å². The Balaban J connectivity index is 0.00000190. The highest BCUT2D eigenvalue weighted by molar-refractivity contribution is 5.76. The molecule has 28 heavy (non-hydrogen) atoms. The third-order valence-corrected chi connectivity index (χ3v) is 3.92. The van der Waals surface area contributed by atoms with Crippen LogP contribution in [-0.4, -0.2) is 9.97 Å². The van der Waals surface area contributed by atoms with Crippen LogP contribution in [0.5, 0.6) is 0 Å². The Kier molecular flexibility index (Phi) is 8.91. The van der Waals surface area contributed by atoms with E-state index in [1.165, 1.54) is 0 Å². The molecule has 0 aliphatic heterocycles. The van der Waals surface area contributed by atoms with Gasteiger partial charge in [0.2, 0.25) is 0 Å². The smallest absolute Gasteiger partial charge is 0.136 e. The van der Waals surface area contributed by atoms with E-state index in [-0.39, 0.29) is 12.0 Å². The van der Waals surface area contributed by atoms with Gasteiger partial charge in [0.25, 0.3) is 0 Å². The molecular formula is C23H25FN4. The van der Waals surface area contributed by atoms with E-state index in [0.717, 1.165) is 11.3 Å². The van der Waals surface area contributed by atoms with Gasteiger partial charge in [-0.2, -0.15) is 0 Å². The first kappa shape index (κ1) is 22.4. The van der Waals surface area contributed by atoms with Gasteiger partial charge in [-0.1, -0.05) is 25.3 Å². The van der Waals surface area contributed by atoms with Gasteiger partial charge in [-0.05, 0) is 31.5 Å². The van der Waals surface area contributed by atoms with E-state index in [2.05, 4.69) is 41.3 Å². The molecule has 0 bridgehead atoms. The summed E-state index contributed by atoms with van der Waals surface area (Å²) in [5, 5.41) is 3.19. The van der Waals surface area contributed by atoms with Crippen LogP contribution in [0.2, 0.25) is 0 Å². The number of nitrogens with zero attached hydrogens (tertiary/aromatic N) is 2. The maximum absolute atomic E-state index is 15.1. The highest BCUT2D eigenvalue weighted by Crippen LogP contribution is 2.30. The number of nitrogens with one attached hydrogen (secondary N) is 1. The Hall–Kier alpha value is -3.65. The molecule has 2 rings (SSSR count). The second-order valence-corrected chi connectivity index (χ2v) is 5.85. The van der Waals surface area contributed by atoms with Crippen molar-refractivity contribution in [3.05, 3.63) is 96.1 Å². The number of nitrogens with two attached hydrogens (primary N) is 1. The largest absolute Gasteiger partial charge is 0.399 e. The van der Waals surface area contributed by atoms with E-state index in [4.69, 9.17) is 5.73 Å². The first-order valence-corrected chi connectivity index (χ1v) is 8.53. The standard InChI is InChI=1S/C21H23FN4.C2H2/c1-5-19(23)18(21(22)16(4)17-7-6-9-24-13-17)11-15(3)26-20-8-10-25-12-14(20)2;1-2/h5-10,12-13H,3-4,11,23H2,1-2H3,(H,25,26);1-2H/b19-5+,21-18+;. The fraction of sp³-hybridized carbons (Fsp3) is 0.130. The molecule has 2 heterocycles. The van der Waals surface area contributed by atoms with E-state index in [0.29, 0.717) is 22.5 Å². The molecule has 3 N–H and O–H groups in total. The van der Waals surface area contributed by atoms with Crippen molar-refractivity contribution < 1.29 is 4.39 Å². The zero-order valence-electron chi connectivity index (χ0n) is 16.2. The van der Waals surface area contributed by atoms with Crippen LogP contribution < -0.4 is 11.1 Å². The fourth-order valence-electron chi connectivity index (χ4n) is 2.39. The Morgan fingerprint density at radius 2 is 1.89 bits per heavy atom. The summed E-state index contributed by atoms with van der Waals surface area (Å²) >= 11 is 0. The summed E-state index contributed by atoms with van der Waals surface area (Å²) in [6.45, 7) is 11.6. The van der Waals surface area contributed by atoms with Crippen molar-refractivity contribution in [1.82, 2.24) is 9.97 Å². The van der Waals surface area contributed by atoms with E-state index < -0.39 is 5.83 Å². The molecule has 0 aliphatic rings. The van der Waals surface area contributed by atoms with Gasteiger partial charge in [-0.25, -0.2) is 4.39 Å². The van der Waals surface area contributed by atoms with Crippen LogP contribution in [0, 0.1) is 19.8 Å². The van der Waals surface area contributed by atoms with E-state index in [1.807, 2.05) is 13.0 Å². The number of aryl methyl sites for hydroxylation is 1. The lowest BCUT2D eigenvalue weighted by molar-refractivity contribution is 0.658. The summed E-state index contributed by atoms with van der Waals surface area (Å²) in [5.74, 6) is -0.469. The number of hydrogen-bond donors (Lipinski definition) is 2. The number of halogens is 1. The molecule has 2 aromatic rings. The Bertz CT molecular complexity index is 908. The molecule has 0 fully saturated rings. The summed E-state index contributed by atoms with van der Waals surface area (Å²) in [4.78, 5) is 8.06. The Labute approximate surface area is 166 Å². The molecule has 0 amide bonds. The molecule has 0 unspecified atom stereocenters. The van der Waals surface area contributed by atoms with Crippen LogP contribution in [0.4, 0.5) is 10.1 Å². The number of allylic oxidation sites excluding steroid dienone is 5. The number of anilines is 1. The van der Waals surface area contributed by atoms with Crippen LogP contribution in [-0.2, 0) is 0 Å². The molecule has 0 radical (unpaired) electrons. The van der Waals surface area contributed by atoms with Crippen molar-refractivity contribution in [3.8, 4) is 12.8 Å². The molecule has 0 saturated carbocycles. The minimum atomic E-state index is -0.469. The van der Waals surface area contributed by atoms with Gasteiger partial charge in [-0.3, -0.25) is 9.97 Å². The van der Waals surface area contributed by atoms with E-state index in [9.17, 15) is 0 Å². The van der Waals surface area contributed by atoms with Gasteiger partial charge in [0.15, 0.2) is 0 Å². The molecule has 0 spiro atoms. The number of rotatable bonds is 7. The zero-order chi connectivity index (χ0) is 21.1. The third kappa shape index (κ3) is 5.96. The molecule has 0 aliphatic carbocycles. The molecule has 4 nitrogen and oxygen atoms in total. The fourth-order valence-corrected chi connectivity index (χ4v) is 2.39. The average Bonchev–Trinajstić information content (AvgIpc) is 2.74. The number of terminal acetylenes is 1. The molecule has 144 valence electrons. The normalized spacial score (nSPS) is 11.5. The predicted molar refractivity (Wildman–Crippen MR) is 116 cm³/mol. The first-order valence-electron chi connectivity index (χ1n) is 8.53. The van der Waals surface area contributed by atoms with Crippen molar-refractivity contribution in [1.29, 1.82) is 0 Å². The molecule has 5 heteroatoms. The lowest BCUT2D eigenvalue weighted by Crippen LogP contribution is -2.08. The van der Waals surface area contributed by atoms with Gasteiger partial charge in [0, 0.05) is 65.0 Å². The molecule has 2 aromatic heterocycles. The van der Waals surface area contributed by atoms with Gasteiger partial charge in [-0.15, -0.1) is 12.8 Å². The van der Waals surface area contributed by atoms with Crippen molar-refractivity contribution in [3.63, 3.8) is 0 Å². The lowest BCUT2D eigenvalue weighted by Gasteiger charge is -2.16. The second kappa shape index (κ2) is 11.1. The second-order valence-electron chi connectivity index (χ2n) is 5.85. The SMILES string of the molecule is C#C.C=C(CC(/C(N)=C\C)=C(\F)C(=C)c1cccnc1)Nc1ccncc1C. The van der Waals surface area contributed by atoms with Crippen molar-refractivity contribution in [2.24, 2.45) is 5.73 Å². The van der Waals surface area contributed by atoms with Crippen molar-refractivity contribution >= 4 is 11.3 Å². The summed E-state index contributed by atoms with van der Waals surface area (Å²) in [7, 11) is 0. The van der Waals surface area contributed by atoms with Gasteiger partial charge in [0.05, 0.1) is 0 Å². The van der Waals surface area contributed by atoms with Crippen LogP contribution in [0.3, 0.4) is 0 Å². The lowest BCUT2D eigenvalue weighted by atomic mass is 9.99. The van der Waals surface area contributed by atoms with Crippen LogP contribution in [0.15, 0.2) is 85.0 Å². The van der Waals surface area contributed by atoms with Crippen LogP contribution in [0.25, 0.3) is 5.57 Å². The van der Waals surface area contributed by atoms with E-state index in [1.54, 1.807) is 49.9 Å². The summed E-state index contributed by atoms with van der Waals surface area (Å²) in [5.41, 5.74) is 10.0. The quantitative estimate of drug-likeness (QED) is 0.518. The summed E-state index contributed by atoms with van der Waals surface area (Å²) in [6.07, 6.45) is 16.5. The molecule has 0 saturated heterocycles. The topological polar surface area (TPSA) is 63.8 Å². The monoisotopic (exact) mass is 376 g/mol. The number of hydrogen-bond acceptors (Lipinski definition) is 4. The predicted octanol–water partition coefficient (Wildman–Crippen LogP) is 5.15. The highest BCUT2D eigenvalue weighted by Gasteiger charge is 2.15. The number of aromatic nitrogens is 2. The number of pyridine rings is 2. The molecular weight excluding hydrogens is 351 g/mol. The molecule has 0 atom stereocenters. The maximum Gasteiger partial charge on any atom is 0.136 e. The van der Waals surface area contributed by atoms with Crippen molar-refractivity contribution in [2.75, 3.05) is 5.32 Å². The average molecular weight is 376 g/mol. The Morgan fingerprint density at radius 1 is 1.21 bits per heavy atom. The summed E-state index contributed by atoms with van der Waals surface area (Å²) < 4.78 is 15.1. The van der Waals surface area contributed by atoms with Crippen LogP contribution in [0.1, 0.15) is 24.5 Å². The maximum atomic E-state index is 15.1. The minimum Gasteiger partial charge on any atom is -0.399 e. The first-order chi connectivity index (χ1) is 13.4. The van der Waals surface area contributed by atoms with Gasteiger partial charge in [0.1, 0.15) is 5.83 Å². The highest BCUT2D eigenvalue weighted by atomic mass is 19.1.